The second-order valence-electron chi connectivity index (χ2n) is 3.42. The van der Waals surface area contributed by atoms with E-state index < -0.39 is 4.92 Å². The van der Waals surface area contributed by atoms with Crippen molar-refractivity contribution in [3.63, 3.8) is 0 Å². The molecule has 6 heteroatoms. The van der Waals surface area contributed by atoms with E-state index in [4.69, 9.17) is 0 Å². The molecule has 0 unspecified atom stereocenters. The monoisotopic (exact) mass is 249 g/mol. The molecule has 0 atom stereocenters. The van der Waals surface area contributed by atoms with Crippen molar-refractivity contribution in [1.29, 1.82) is 0 Å². The van der Waals surface area contributed by atoms with E-state index in [0.29, 0.717) is 0 Å². The lowest BCUT2D eigenvalue weighted by Gasteiger charge is -2.04. The lowest BCUT2D eigenvalue weighted by Crippen LogP contribution is -2.04. The summed E-state index contributed by atoms with van der Waals surface area (Å²) >= 11 is 1.71. The van der Waals surface area contributed by atoms with Crippen LogP contribution in [0, 0.1) is 10.1 Å². The number of nitro groups is 1. The Morgan fingerprint density at radius 1 is 1.47 bits per heavy atom. The van der Waals surface area contributed by atoms with E-state index in [1.54, 1.807) is 17.4 Å². The van der Waals surface area contributed by atoms with Gasteiger partial charge in [0.25, 0.3) is 0 Å². The molecule has 2 aromatic rings. The summed E-state index contributed by atoms with van der Waals surface area (Å²) in [7, 11) is 0. The molecule has 2 aromatic heterocycles. The molecule has 0 radical (unpaired) electrons. The molecule has 0 aliphatic carbocycles. The van der Waals surface area contributed by atoms with E-state index in [1.807, 2.05) is 11.4 Å². The van der Waals surface area contributed by atoms with Crippen molar-refractivity contribution in [1.82, 2.24) is 4.98 Å². The third-order valence-electron chi connectivity index (χ3n) is 2.21. The van der Waals surface area contributed by atoms with Crippen molar-refractivity contribution in [2.45, 2.75) is 6.42 Å². The molecule has 88 valence electrons. The van der Waals surface area contributed by atoms with Crippen LogP contribution in [-0.4, -0.2) is 16.5 Å². The molecule has 0 amide bonds. The van der Waals surface area contributed by atoms with Crippen molar-refractivity contribution >= 4 is 22.8 Å². The molecule has 0 spiro atoms. The van der Waals surface area contributed by atoms with Gasteiger partial charge in [-0.05, 0) is 27.8 Å². The molecule has 1 N–H and O–H groups in total. The van der Waals surface area contributed by atoms with Gasteiger partial charge in [-0.2, -0.15) is 0 Å². The zero-order chi connectivity index (χ0) is 12.1. The Labute approximate surface area is 102 Å². The Kier molecular flexibility index (Phi) is 3.66. The number of thiophene rings is 1. The van der Waals surface area contributed by atoms with Crippen molar-refractivity contribution in [2.75, 3.05) is 11.9 Å². The highest BCUT2D eigenvalue weighted by Gasteiger charge is 2.06. The number of nitrogens with one attached hydrogen (secondary N) is 1. The Balaban J connectivity index is 1.90. The van der Waals surface area contributed by atoms with Crippen molar-refractivity contribution < 1.29 is 4.92 Å². The Hall–Kier alpha value is -1.95. The summed E-state index contributed by atoms with van der Waals surface area (Å²) in [4.78, 5) is 15.0. The van der Waals surface area contributed by atoms with Gasteiger partial charge < -0.3 is 15.4 Å². The highest BCUT2D eigenvalue weighted by atomic mass is 32.1. The SMILES string of the molecule is O=[N+]([O-])c1cc(NCCc2cccs2)ccn1. The molecule has 5 nitrogen and oxygen atoms in total. The van der Waals surface area contributed by atoms with Crippen LogP contribution in [0.1, 0.15) is 4.88 Å². The molecular weight excluding hydrogens is 238 g/mol. The largest absolute Gasteiger partial charge is 0.384 e. The van der Waals surface area contributed by atoms with E-state index >= 15 is 0 Å². The molecule has 0 saturated carbocycles. The van der Waals surface area contributed by atoms with E-state index in [-0.39, 0.29) is 5.82 Å². The standard InChI is InChI=1S/C11H11N3O2S/c15-14(16)11-8-9(3-5-13-11)12-6-4-10-2-1-7-17-10/h1-3,5,7-8H,4,6H2,(H,12,13). The third kappa shape index (κ3) is 3.25. The van der Waals surface area contributed by atoms with Gasteiger partial charge in [0.05, 0.1) is 6.07 Å². The average molecular weight is 249 g/mol. The summed E-state index contributed by atoms with van der Waals surface area (Å²) in [5.41, 5.74) is 0.725. The first kappa shape index (κ1) is 11.5. The van der Waals surface area contributed by atoms with Gasteiger partial charge >= 0.3 is 5.82 Å². The van der Waals surface area contributed by atoms with Crippen LogP contribution in [0.4, 0.5) is 11.5 Å². The first-order chi connectivity index (χ1) is 8.25. The predicted octanol–water partition coefficient (Wildman–Crippen LogP) is 2.71. The van der Waals surface area contributed by atoms with Crippen molar-refractivity contribution in [2.24, 2.45) is 0 Å². The maximum absolute atomic E-state index is 10.5. The number of hydrogen-bond donors (Lipinski definition) is 1. The van der Waals surface area contributed by atoms with E-state index in [2.05, 4.69) is 16.4 Å². The first-order valence-corrected chi connectivity index (χ1v) is 6.00. The van der Waals surface area contributed by atoms with Crippen LogP contribution in [-0.2, 0) is 6.42 Å². The number of pyridine rings is 1. The molecule has 0 saturated heterocycles. The summed E-state index contributed by atoms with van der Waals surface area (Å²) in [6.45, 7) is 0.752. The minimum absolute atomic E-state index is 0.133. The highest BCUT2D eigenvalue weighted by Crippen LogP contribution is 2.14. The smallest absolute Gasteiger partial charge is 0.365 e. The highest BCUT2D eigenvalue weighted by molar-refractivity contribution is 7.09. The zero-order valence-electron chi connectivity index (χ0n) is 9.00. The van der Waals surface area contributed by atoms with Crippen LogP contribution >= 0.6 is 11.3 Å². The van der Waals surface area contributed by atoms with Crippen LogP contribution in [0.25, 0.3) is 0 Å². The van der Waals surface area contributed by atoms with Gasteiger partial charge in [0.1, 0.15) is 6.20 Å². The minimum atomic E-state index is -0.496. The molecule has 2 heterocycles. The fourth-order valence-corrected chi connectivity index (χ4v) is 2.12. The van der Waals surface area contributed by atoms with Crippen LogP contribution in [0.15, 0.2) is 35.8 Å². The second kappa shape index (κ2) is 5.40. The van der Waals surface area contributed by atoms with Crippen LogP contribution in [0.3, 0.4) is 0 Å². The van der Waals surface area contributed by atoms with E-state index in [0.717, 1.165) is 18.7 Å². The summed E-state index contributed by atoms with van der Waals surface area (Å²) in [6, 6.07) is 7.24. The lowest BCUT2D eigenvalue weighted by molar-refractivity contribution is -0.389. The number of anilines is 1. The number of nitrogens with zero attached hydrogens (tertiary/aromatic N) is 2. The Morgan fingerprint density at radius 2 is 2.35 bits per heavy atom. The minimum Gasteiger partial charge on any atom is -0.384 e. The Bertz CT molecular complexity index is 499. The summed E-state index contributed by atoms with van der Waals surface area (Å²) in [6.07, 6.45) is 2.35. The predicted molar refractivity (Wildman–Crippen MR) is 67.4 cm³/mol. The van der Waals surface area contributed by atoms with Gasteiger partial charge in [-0.15, -0.1) is 11.3 Å². The number of rotatable bonds is 5. The van der Waals surface area contributed by atoms with Gasteiger partial charge in [0.15, 0.2) is 0 Å². The lowest BCUT2D eigenvalue weighted by atomic mass is 10.3. The van der Waals surface area contributed by atoms with Crippen LogP contribution in [0.2, 0.25) is 0 Å². The third-order valence-corrected chi connectivity index (χ3v) is 3.15. The van der Waals surface area contributed by atoms with Gasteiger partial charge in [-0.1, -0.05) is 6.07 Å². The fraction of sp³-hybridized carbons (Fsp3) is 0.182. The number of hydrogen-bond acceptors (Lipinski definition) is 5. The van der Waals surface area contributed by atoms with Crippen molar-refractivity contribution in [3.05, 3.63) is 50.8 Å². The van der Waals surface area contributed by atoms with E-state index in [9.17, 15) is 10.1 Å². The maximum Gasteiger partial charge on any atom is 0.365 e. The van der Waals surface area contributed by atoms with Gasteiger partial charge in [-0.3, -0.25) is 0 Å². The molecule has 2 rings (SSSR count). The van der Waals surface area contributed by atoms with Gasteiger partial charge in [0, 0.05) is 23.2 Å². The quantitative estimate of drug-likeness (QED) is 0.653. The van der Waals surface area contributed by atoms with Crippen LogP contribution in [0.5, 0.6) is 0 Å². The zero-order valence-corrected chi connectivity index (χ0v) is 9.81. The summed E-state index contributed by atoms with van der Waals surface area (Å²) in [5.74, 6) is -0.133. The molecule has 0 bridgehead atoms. The average Bonchev–Trinajstić information content (AvgIpc) is 2.82. The molecular formula is C11H11N3O2S. The normalized spacial score (nSPS) is 10.1. The number of aromatic nitrogens is 1. The molecule has 0 aliphatic rings. The van der Waals surface area contributed by atoms with Crippen LogP contribution < -0.4 is 5.32 Å². The van der Waals surface area contributed by atoms with E-state index in [1.165, 1.54) is 17.1 Å². The molecule has 0 aliphatic heterocycles. The first-order valence-electron chi connectivity index (χ1n) is 5.12. The summed E-state index contributed by atoms with van der Waals surface area (Å²) in [5, 5.41) is 15.7. The maximum atomic E-state index is 10.5. The second-order valence-corrected chi connectivity index (χ2v) is 4.45. The summed E-state index contributed by atoms with van der Waals surface area (Å²) < 4.78 is 0. The topological polar surface area (TPSA) is 68.1 Å². The Morgan fingerprint density at radius 3 is 3.06 bits per heavy atom. The molecule has 0 fully saturated rings. The fourth-order valence-electron chi connectivity index (χ4n) is 1.41. The molecule has 17 heavy (non-hydrogen) atoms. The van der Waals surface area contributed by atoms with Gasteiger partial charge in [-0.25, -0.2) is 0 Å². The molecule has 0 aromatic carbocycles. The van der Waals surface area contributed by atoms with Gasteiger partial charge in [0.2, 0.25) is 0 Å². The van der Waals surface area contributed by atoms with Crippen molar-refractivity contribution in [3.8, 4) is 0 Å².